The van der Waals surface area contributed by atoms with E-state index in [1.165, 1.54) is 12.1 Å². The Balaban J connectivity index is 2.51. The molecule has 2 nitrogen and oxygen atoms in total. The average Bonchev–Trinajstić information content (AvgIpc) is 2.52. The van der Waals surface area contributed by atoms with Crippen molar-refractivity contribution in [1.29, 1.82) is 0 Å². The molecule has 0 spiro atoms. The van der Waals surface area contributed by atoms with Crippen molar-refractivity contribution < 1.29 is 0 Å². The fourth-order valence-corrected chi connectivity index (χ4v) is 2.05. The summed E-state index contributed by atoms with van der Waals surface area (Å²) in [5.74, 6) is 0.689. The van der Waals surface area contributed by atoms with Crippen LogP contribution >= 0.6 is 0 Å². The van der Waals surface area contributed by atoms with E-state index >= 15 is 0 Å². The smallest absolute Gasteiger partial charge is 0.0219 e. The molecule has 0 fully saturated rings. The van der Waals surface area contributed by atoms with E-state index in [0.29, 0.717) is 12.0 Å². The maximum Gasteiger partial charge on any atom is 0.0219 e. The Labute approximate surface area is 93.5 Å². The van der Waals surface area contributed by atoms with Crippen molar-refractivity contribution in [2.45, 2.75) is 52.6 Å². The van der Waals surface area contributed by atoms with Crippen LogP contribution in [0, 0.1) is 5.92 Å². The first-order chi connectivity index (χ1) is 7.13. The second-order valence-electron chi connectivity index (χ2n) is 4.79. The highest BCUT2D eigenvalue weighted by Gasteiger charge is 2.08. The van der Waals surface area contributed by atoms with Gasteiger partial charge in [0, 0.05) is 30.9 Å². The second kappa shape index (κ2) is 5.96. The van der Waals surface area contributed by atoms with Crippen molar-refractivity contribution in [3.8, 4) is 0 Å². The van der Waals surface area contributed by atoms with Gasteiger partial charge in [0.05, 0.1) is 0 Å². The summed E-state index contributed by atoms with van der Waals surface area (Å²) in [5.41, 5.74) is 7.50. The van der Waals surface area contributed by atoms with Crippen molar-refractivity contribution in [3.63, 3.8) is 0 Å². The average molecular weight is 208 g/mol. The van der Waals surface area contributed by atoms with Crippen LogP contribution in [0.1, 0.15) is 39.3 Å². The lowest BCUT2D eigenvalue weighted by atomic mass is 10.0. The number of hydrogen-bond donors (Lipinski definition) is 1. The quantitative estimate of drug-likeness (QED) is 0.765. The largest absolute Gasteiger partial charge is 0.351 e. The SMILES string of the molecule is CCCn1cccc1CC(N)CC(C)C. The van der Waals surface area contributed by atoms with E-state index < -0.39 is 0 Å². The van der Waals surface area contributed by atoms with Gasteiger partial charge in [-0.1, -0.05) is 20.8 Å². The van der Waals surface area contributed by atoms with E-state index in [4.69, 9.17) is 5.73 Å². The molecule has 0 aliphatic rings. The Bertz CT molecular complexity index is 276. The molecule has 1 aromatic rings. The number of hydrogen-bond acceptors (Lipinski definition) is 1. The van der Waals surface area contributed by atoms with Gasteiger partial charge < -0.3 is 10.3 Å². The molecule has 86 valence electrons. The molecule has 1 aromatic heterocycles. The van der Waals surface area contributed by atoms with Crippen LogP contribution in [0.15, 0.2) is 18.3 Å². The lowest BCUT2D eigenvalue weighted by Crippen LogP contribution is -2.25. The van der Waals surface area contributed by atoms with Crippen molar-refractivity contribution >= 4 is 0 Å². The number of rotatable bonds is 6. The molecule has 2 heteroatoms. The maximum absolute atomic E-state index is 6.12. The summed E-state index contributed by atoms with van der Waals surface area (Å²) in [5, 5.41) is 0. The van der Waals surface area contributed by atoms with Gasteiger partial charge in [-0.15, -0.1) is 0 Å². The van der Waals surface area contributed by atoms with Gasteiger partial charge in [0.2, 0.25) is 0 Å². The highest BCUT2D eigenvalue weighted by Crippen LogP contribution is 2.10. The predicted octanol–water partition coefficient (Wildman–Crippen LogP) is 2.81. The van der Waals surface area contributed by atoms with E-state index in [-0.39, 0.29) is 0 Å². The van der Waals surface area contributed by atoms with Gasteiger partial charge in [0.15, 0.2) is 0 Å². The molecular formula is C13H24N2. The van der Waals surface area contributed by atoms with Crippen LogP contribution in [0.2, 0.25) is 0 Å². The number of aromatic nitrogens is 1. The molecule has 0 saturated carbocycles. The standard InChI is InChI=1S/C13H24N2/c1-4-7-15-8-5-6-13(15)10-12(14)9-11(2)3/h5-6,8,11-12H,4,7,9-10,14H2,1-3H3. The molecular weight excluding hydrogens is 184 g/mol. The van der Waals surface area contributed by atoms with Gasteiger partial charge in [-0.25, -0.2) is 0 Å². The van der Waals surface area contributed by atoms with Gasteiger partial charge >= 0.3 is 0 Å². The van der Waals surface area contributed by atoms with Gasteiger partial charge in [0.1, 0.15) is 0 Å². The fourth-order valence-electron chi connectivity index (χ4n) is 2.05. The van der Waals surface area contributed by atoms with Crippen molar-refractivity contribution in [2.75, 3.05) is 0 Å². The molecule has 15 heavy (non-hydrogen) atoms. The monoisotopic (exact) mass is 208 g/mol. The molecule has 0 radical (unpaired) electrons. The van der Waals surface area contributed by atoms with Crippen LogP contribution in [-0.2, 0) is 13.0 Å². The third-order valence-electron chi connectivity index (χ3n) is 2.63. The van der Waals surface area contributed by atoms with Gasteiger partial charge in [0.25, 0.3) is 0 Å². The Morgan fingerprint density at radius 2 is 2.13 bits per heavy atom. The van der Waals surface area contributed by atoms with E-state index in [0.717, 1.165) is 19.4 Å². The molecule has 2 N–H and O–H groups in total. The molecule has 1 heterocycles. The molecule has 1 atom stereocenters. The van der Waals surface area contributed by atoms with Crippen LogP contribution in [-0.4, -0.2) is 10.6 Å². The Kier molecular flexibility index (Phi) is 4.89. The minimum atomic E-state index is 0.301. The third kappa shape index (κ3) is 4.08. The zero-order chi connectivity index (χ0) is 11.3. The molecule has 0 aliphatic carbocycles. The predicted molar refractivity (Wildman–Crippen MR) is 65.9 cm³/mol. The minimum absolute atomic E-state index is 0.301. The molecule has 0 aromatic carbocycles. The topological polar surface area (TPSA) is 30.9 Å². The van der Waals surface area contributed by atoms with E-state index in [1.54, 1.807) is 0 Å². The summed E-state index contributed by atoms with van der Waals surface area (Å²) < 4.78 is 2.32. The lowest BCUT2D eigenvalue weighted by molar-refractivity contribution is 0.482. The number of nitrogens with zero attached hydrogens (tertiary/aromatic N) is 1. The van der Waals surface area contributed by atoms with Crippen molar-refractivity contribution in [1.82, 2.24) is 4.57 Å². The number of nitrogens with two attached hydrogens (primary N) is 1. The summed E-state index contributed by atoms with van der Waals surface area (Å²) in [6, 6.07) is 4.61. The molecule has 0 amide bonds. The second-order valence-corrected chi connectivity index (χ2v) is 4.79. The summed E-state index contributed by atoms with van der Waals surface area (Å²) in [7, 11) is 0. The first-order valence-corrected chi connectivity index (χ1v) is 6.03. The summed E-state index contributed by atoms with van der Waals surface area (Å²) in [6.07, 6.45) is 5.45. The molecule has 0 bridgehead atoms. The molecule has 1 rings (SSSR count). The van der Waals surface area contributed by atoms with E-state index in [2.05, 4.69) is 43.7 Å². The zero-order valence-electron chi connectivity index (χ0n) is 10.2. The van der Waals surface area contributed by atoms with Crippen LogP contribution in [0.4, 0.5) is 0 Å². The summed E-state index contributed by atoms with van der Waals surface area (Å²) >= 11 is 0. The Morgan fingerprint density at radius 1 is 1.40 bits per heavy atom. The minimum Gasteiger partial charge on any atom is -0.351 e. The maximum atomic E-state index is 6.12. The first-order valence-electron chi connectivity index (χ1n) is 6.03. The molecule has 0 saturated heterocycles. The zero-order valence-corrected chi connectivity index (χ0v) is 10.2. The highest BCUT2D eigenvalue weighted by molar-refractivity contribution is 5.08. The van der Waals surface area contributed by atoms with Gasteiger partial charge in [-0.05, 0) is 30.9 Å². The van der Waals surface area contributed by atoms with Crippen LogP contribution in [0.25, 0.3) is 0 Å². The van der Waals surface area contributed by atoms with E-state index in [1.807, 2.05) is 0 Å². The van der Waals surface area contributed by atoms with Crippen LogP contribution < -0.4 is 5.73 Å². The first kappa shape index (κ1) is 12.3. The fraction of sp³-hybridized carbons (Fsp3) is 0.692. The molecule has 0 aliphatic heterocycles. The van der Waals surface area contributed by atoms with Gasteiger partial charge in [-0.3, -0.25) is 0 Å². The van der Waals surface area contributed by atoms with Crippen molar-refractivity contribution in [2.24, 2.45) is 11.7 Å². The highest BCUT2D eigenvalue weighted by atomic mass is 15.0. The van der Waals surface area contributed by atoms with Crippen molar-refractivity contribution in [3.05, 3.63) is 24.0 Å². The van der Waals surface area contributed by atoms with Gasteiger partial charge in [-0.2, -0.15) is 0 Å². The van der Waals surface area contributed by atoms with E-state index in [9.17, 15) is 0 Å². The van der Waals surface area contributed by atoms with Crippen LogP contribution in [0.3, 0.4) is 0 Å². The Morgan fingerprint density at radius 3 is 2.73 bits per heavy atom. The lowest BCUT2D eigenvalue weighted by Gasteiger charge is -2.15. The Hall–Kier alpha value is -0.760. The number of aryl methyl sites for hydroxylation is 1. The molecule has 1 unspecified atom stereocenters. The third-order valence-corrected chi connectivity index (χ3v) is 2.63. The summed E-state index contributed by atoms with van der Waals surface area (Å²) in [6.45, 7) is 7.77. The normalized spacial score (nSPS) is 13.4. The van der Waals surface area contributed by atoms with Crippen LogP contribution in [0.5, 0.6) is 0 Å². The summed E-state index contributed by atoms with van der Waals surface area (Å²) in [4.78, 5) is 0.